The molecule has 1 rings (SSSR count). The molecule has 0 spiro atoms. The third kappa shape index (κ3) is 1.42. The van der Waals surface area contributed by atoms with Crippen LogP contribution in [0.5, 0.6) is 0 Å². The summed E-state index contributed by atoms with van der Waals surface area (Å²) in [5.41, 5.74) is 0.497. The minimum absolute atomic E-state index is 0.497. The molecule has 0 aromatic rings. The number of hydrogen-bond donors (Lipinski definition) is 1. The Hall–Kier alpha value is -0.0800. The van der Waals surface area contributed by atoms with Gasteiger partial charge in [-0.2, -0.15) is 0 Å². The Morgan fingerprint density at radius 3 is 2.09 bits per heavy atom. The largest absolute Gasteiger partial charge is 0.315 e. The molecule has 1 aliphatic carbocycles. The third-order valence-electron chi connectivity index (χ3n) is 2.85. The number of nitrogens with zero attached hydrogens (tertiary/aromatic N) is 1. The molecular formula is C9H20N2. The zero-order valence-corrected chi connectivity index (χ0v) is 8.31. The van der Waals surface area contributed by atoms with Gasteiger partial charge in [0, 0.05) is 12.1 Å². The van der Waals surface area contributed by atoms with Crippen LogP contribution >= 0.6 is 0 Å². The smallest absolute Gasteiger partial charge is 0.0294 e. The fourth-order valence-corrected chi connectivity index (χ4v) is 2.50. The van der Waals surface area contributed by atoms with Gasteiger partial charge in [-0.3, -0.25) is 0 Å². The van der Waals surface area contributed by atoms with Crippen molar-refractivity contribution in [3.05, 3.63) is 0 Å². The summed E-state index contributed by atoms with van der Waals surface area (Å²) < 4.78 is 0. The van der Waals surface area contributed by atoms with Crippen LogP contribution in [0.4, 0.5) is 0 Å². The summed E-state index contributed by atoms with van der Waals surface area (Å²) in [5, 5.41) is 3.35. The van der Waals surface area contributed by atoms with Gasteiger partial charge in [0.2, 0.25) is 0 Å². The van der Waals surface area contributed by atoms with Gasteiger partial charge in [-0.15, -0.1) is 0 Å². The quantitative estimate of drug-likeness (QED) is 0.640. The lowest BCUT2D eigenvalue weighted by molar-refractivity contribution is -0.00658. The van der Waals surface area contributed by atoms with Gasteiger partial charge in [0.05, 0.1) is 0 Å². The fraction of sp³-hybridized carbons (Fsp3) is 1.00. The van der Waals surface area contributed by atoms with Crippen LogP contribution in [0.25, 0.3) is 0 Å². The van der Waals surface area contributed by atoms with Crippen LogP contribution in [0, 0.1) is 5.41 Å². The van der Waals surface area contributed by atoms with Gasteiger partial charge in [-0.05, 0) is 33.0 Å². The predicted molar refractivity (Wildman–Crippen MR) is 48.7 cm³/mol. The maximum Gasteiger partial charge on any atom is 0.0294 e. The Balaban J connectivity index is 2.57. The lowest BCUT2D eigenvalue weighted by Gasteiger charge is -2.54. The van der Waals surface area contributed by atoms with Crippen LogP contribution in [0.15, 0.2) is 0 Å². The minimum atomic E-state index is 0.497. The molecule has 66 valence electrons. The van der Waals surface area contributed by atoms with Crippen molar-refractivity contribution < 1.29 is 0 Å². The number of likely N-dealkylation sites (N-methyl/N-ethyl adjacent to an activating group) is 2. The summed E-state index contributed by atoms with van der Waals surface area (Å²) in [6.45, 7) is 4.68. The summed E-state index contributed by atoms with van der Waals surface area (Å²) in [4.78, 5) is 2.32. The molecule has 2 nitrogen and oxygen atoms in total. The standard InChI is InChI=1S/C9H20N2/c1-9(2)6-7(10-3)8(9)11(4)5/h7-8,10H,6H2,1-5H3. The molecule has 1 aliphatic rings. The van der Waals surface area contributed by atoms with Crippen LogP contribution < -0.4 is 5.32 Å². The van der Waals surface area contributed by atoms with Crippen molar-refractivity contribution in [3.8, 4) is 0 Å². The van der Waals surface area contributed by atoms with Gasteiger partial charge in [0.1, 0.15) is 0 Å². The fourth-order valence-electron chi connectivity index (χ4n) is 2.50. The second-order valence-corrected chi connectivity index (χ2v) is 4.50. The van der Waals surface area contributed by atoms with E-state index >= 15 is 0 Å². The average Bonchev–Trinajstić information content (AvgIpc) is 1.81. The number of hydrogen-bond acceptors (Lipinski definition) is 2. The monoisotopic (exact) mass is 156 g/mol. The maximum atomic E-state index is 3.35. The number of nitrogens with one attached hydrogen (secondary N) is 1. The van der Waals surface area contributed by atoms with Gasteiger partial charge in [0.15, 0.2) is 0 Å². The highest BCUT2D eigenvalue weighted by molar-refractivity contribution is 5.04. The topological polar surface area (TPSA) is 15.3 Å². The van der Waals surface area contributed by atoms with Crippen LogP contribution in [0.1, 0.15) is 20.3 Å². The molecule has 2 unspecified atom stereocenters. The van der Waals surface area contributed by atoms with Crippen molar-refractivity contribution in [2.75, 3.05) is 21.1 Å². The van der Waals surface area contributed by atoms with E-state index in [2.05, 4.69) is 45.2 Å². The predicted octanol–water partition coefficient (Wildman–Crippen LogP) is 0.934. The van der Waals surface area contributed by atoms with E-state index < -0.39 is 0 Å². The van der Waals surface area contributed by atoms with E-state index in [1.54, 1.807) is 0 Å². The first-order valence-electron chi connectivity index (χ1n) is 4.33. The van der Waals surface area contributed by atoms with Crippen molar-refractivity contribution >= 4 is 0 Å². The van der Waals surface area contributed by atoms with E-state index in [4.69, 9.17) is 0 Å². The molecule has 1 saturated carbocycles. The van der Waals surface area contributed by atoms with Crippen molar-refractivity contribution in [2.24, 2.45) is 5.41 Å². The first kappa shape index (κ1) is 9.01. The van der Waals surface area contributed by atoms with E-state index in [1.165, 1.54) is 6.42 Å². The van der Waals surface area contributed by atoms with Gasteiger partial charge in [-0.1, -0.05) is 13.8 Å². The Labute approximate surface area is 70.0 Å². The maximum absolute atomic E-state index is 3.35. The summed E-state index contributed by atoms with van der Waals surface area (Å²) in [7, 11) is 6.38. The molecule has 2 atom stereocenters. The van der Waals surface area contributed by atoms with Gasteiger partial charge < -0.3 is 10.2 Å². The first-order valence-corrected chi connectivity index (χ1v) is 4.33. The van der Waals surface area contributed by atoms with E-state index in [0.29, 0.717) is 17.5 Å². The summed E-state index contributed by atoms with van der Waals surface area (Å²) in [5.74, 6) is 0. The highest BCUT2D eigenvalue weighted by atomic mass is 15.2. The van der Waals surface area contributed by atoms with E-state index in [1.807, 2.05) is 0 Å². The molecule has 0 aromatic heterocycles. The van der Waals surface area contributed by atoms with Crippen LogP contribution in [0.2, 0.25) is 0 Å². The van der Waals surface area contributed by atoms with Gasteiger partial charge >= 0.3 is 0 Å². The molecule has 0 amide bonds. The minimum Gasteiger partial charge on any atom is -0.315 e. The van der Waals surface area contributed by atoms with Crippen molar-refractivity contribution in [2.45, 2.75) is 32.4 Å². The summed E-state index contributed by atoms with van der Waals surface area (Å²) in [6, 6.07) is 1.40. The first-order chi connectivity index (χ1) is 4.99. The normalized spacial score (nSPS) is 35.5. The highest BCUT2D eigenvalue weighted by Crippen LogP contribution is 2.42. The zero-order valence-electron chi connectivity index (χ0n) is 8.31. The van der Waals surface area contributed by atoms with Crippen LogP contribution in [0.3, 0.4) is 0 Å². The SMILES string of the molecule is CNC1CC(C)(C)C1N(C)C. The lowest BCUT2D eigenvalue weighted by Crippen LogP contribution is -2.64. The molecular weight excluding hydrogens is 136 g/mol. The molecule has 0 aromatic carbocycles. The van der Waals surface area contributed by atoms with E-state index in [0.717, 1.165) is 0 Å². The average molecular weight is 156 g/mol. The molecule has 1 fully saturated rings. The summed E-state index contributed by atoms with van der Waals surface area (Å²) >= 11 is 0. The molecule has 0 bridgehead atoms. The molecule has 0 saturated heterocycles. The summed E-state index contributed by atoms with van der Waals surface area (Å²) in [6.07, 6.45) is 1.30. The molecule has 0 heterocycles. The second-order valence-electron chi connectivity index (χ2n) is 4.50. The molecule has 0 aliphatic heterocycles. The second kappa shape index (κ2) is 2.76. The lowest BCUT2D eigenvalue weighted by atomic mass is 9.63. The zero-order chi connectivity index (χ0) is 8.65. The van der Waals surface area contributed by atoms with Crippen LogP contribution in [-0.4, -0.2) is 38.1 Å². The Morgan fingerprint density at radius 2 is 1.91 bits per heavy atom. The number of rotatable bonds is 2. The molecule has 2 heteroatoms. The Kier molecular flexibility index (Phi) is 2.26. The Bertz CT molecular complexity index is 140. The van der Waals surface area contributed by atoms with Crippen LogP contribution in [-0.2, 0) is 0 Å². The van der Waals surface area contributed by atoms with Crippen molar-refractivity contribution in [1.82, 2.24) is 10.2 Å². The van der Waals surface area contributed by atoms with Crippen molar-refractivity contribution in [1.29, 1.82) is 0 Å². The molecule has 11 heavy (non-hydrogen) atoms. The third-order valence-corrected chi connectivity index (χ3v) is 2.85. The van der Waals surface area contributed by atoms with Gasteiger partial charge in [-0.25, -0.2) is 0 Å². The van der Waals surface area contributed by atoms with Gasteiger partial charge in [0.25, 0.3) is 0 Å². The Morgan fingerprint density at radius 1 is 1.36 bits per heavy atom. The van der Waals surface area contributed by atoms with E-state index in [-0.39, 0.29) is 0 Å². The highest BCUT2D eigenvalue weighted by Gasteiger charge is 2.47. The van der Waals surface area contributed by atoms with E-state index in [9.17, 15) is 0 Å². The molecule has 1 N–H and O–H groups in total. The van der Waals surface area contributed by atoms with Crippen molar-refractivity contribution in [3.63, 3.8) is 0 Å². The molecule has 0 radical (unpaired) electrons.